The van der Waals surface area contributed by atoms with Gasteiger partial charge in [0, 0.05) is 0 Å². The molecular formula is C16H12N2O4. The zero-order chi connectivity index (χ0) is 15.7. The predicted molar refractivity (Wildman–Crippen MR) is 79.8 cm³/mol. The molecule has 1 heterocycles. The number of nitrogens with zero attached hydrogens (tertiary/aromatic N) is 1. The number of carboxylic acids is 1. The van der Waals surface area contributed by atoms with E-state index in [-0.39, 0.29) is 5.70 Å². The lowest BCUT2D eigenvalue weighted by Crippen LogP contribution is -2.32. The normalized spacial score (nSPS) is 16.4. The zero-order valence-electron chi connectivity index (χ0n) is 11.4. The van der Waals surface area contributed by atoms with Gasteiger partial charge in [-0.3, -0.25) is 19.8 Å². The number of carbonyl (C=O) groups excluding carboxylic acids is 2. The van der Waals surface area contributed by atoms with Gasteiger partial charge in [-0.2, -0.15) is 0 Å². The van der Waals surface area contributed by atoms with Gasteiger partial charge < -0.3 is 5.11 Å². The van der Waals surface area contributed by atoms with Crippen molar-refractivity contribution in [3.8, 4) is 0 Å². The summed E-state index contributed by atoms with van der Waals surface area (Å²) in [6.45, 7) is -0.561. The molecule has 3 rings (SSSR count). The van der Waals surface area contributed by atoms with Crippen LogP contribution in [-0.4, -0.2) is 34.5 Å². The number of fused-ring (bicyclic) bond motifs is 1. The fraction of sp³-hybridized carbons (Fsp3) is 0.0625. The van der Waals surface area contributed by atoms with Crippen molar-refractivity contribution in [3.63, 3.8) is 0 Å². The Balaban J connectivity index is 2.10. The van der Waals surface area contributed by atoms with Gasteiger partial charge in [-0.1, -0.05) is 42.5 Å². The average Bonchev–Trinajstić information content (AvgIpc) is 2.74. The molecule has 0 aliphatic carbocycles. The van der Waals surface area contributed by atoms with Gasteiger partial charge in [-0.05, 0) is 22.4 Å². The highest BCUT2D eigenvalue weighted by molar-refractivity contribution is 6.15. The first-order valence-electron chi connectivity index (χ1n) is 6.60. The molecule has 0 unspecified atom stereocenters. The van der Waals surface area contributed by atoms with Gasteiger partial charge in [0.2, 0.25) is 0 Å². The van der Waals surface area contributed by atoms with Crippen molar-refractivity contribution in [3.05, 3.63) is 53.7 Å². The van der Waals surface area contributed by atoms with Gasteiger partial charge in [-0.15, -0.1) is 0 Å². The smallest absolute Gasteiger partial charge is 0.329 e. The Bertz CT molecular complexity index is 821. The van der Waals surface area contributed by atoms with E-state index in [1.54, 1.807) is 0 Å². The third-order valence-corrected chi connectivity index (χ3v) is 3.40. The molecule has 1 fully saturated rings. The number of nitrogens with one attached hydrogen (secondary N) is 1. The Morgan fingerprint density at radius 3 is 2.64 bits per heavy atom. The monoisotopic (exact) mass is 296 g/mol. The summed E-state index contributed by atoms with van der Waals surface area (Å²) in [5.74, 6) is -1.78. The maximum Gasteiger partial charge on any atom is 0.329 e. The summed E-state index contributed by atoms with van der Waals surface area (Å²) >= 11 is 0. The molecule has 2 aromatic carbocycles. The van der Waals surface area contributed by atoms with Crippen LogP contribution in [0.2, 0.25) is 0 Å². The Hall–Kier alpha value is -3.15. The number of imide groups is 1. The first-order chi connectivity index (χ1) is 10.6. The number of carbonyl (C=O) groups is 3. The van der Waals surface area contributed by atoms with Gasteiger partial charge in [-0.25, -0.2) is 4.79 Å². The van der Waals surface area contributed by atoms with Crippen LogP contribution in [0.4, 0.5) is 4.79 Å². The minimum absolute atomic E-state index is 0.0313. The molecule has 2 N–H and O–H groups in total. The Kier molecular flexibility index (Phi) is 3.34. The van der Waals surface area contributed by atoms with Gasteiger partial charge in [0.1, 0.15) is 12.2 Å². The minimum atomic E-state index is -1.19. The van der Waals surface area contributed by atoms with E-state index in [0.29, 0.717) is 0 Å². The van der Waals surface area contributed by atoms with Crippen molar-refractivity contribution < 1.29 is 19.5 Å². The van der Waals surface area contributed by atoms with Crippen LogP contribution >= 0.6 is 0 Å². The Morgan fingerprint density at radius 2 is 1.86 bits per heavy atom. The van der Waals surface area contributed by atoms with Gasteiger partial charge in [0.15, 0.2) is 0 Å². The molecule has 6 heteroatoms. The molecule has 0 spiro atoms. The van der Waals surface area contributed by atoms with E-state index in [1.165, 1.54) is 6.08 Å². The first-order valence-corrected chi connectivity index (χ1v) is 6.60. The Labute approximate surface area is 125 Å². The lowest BCUT2D eigenvalue weighted by atomic mass is 10.0. The number of urea groups is 1. The average molecular weight is 296 g/mol. The molecule has 1 aliphatic heterocycles. The SMILES string of the molecule is O=C(O)CN1C(=O)NC(=O)/C1=C\c1cccc2ccccc12. The maximum atomic E-state index is 11.9. The molecule has 0 atom stereocenters. The van der Waals surface area contributed by atoms with Crippen molar-refractivity contribution in [2.24, 2.45) is 0 Å². The molecule has 1 saturated heterocycles. The summed E-state index contributed by atoms with van der Waals surface area (Å²) in [5, 5.41) is 12.9. The summed E-state index contributed by atoms with van der Waals surface area (Å²) in [4.78, 5) is 35.3. The summed E-state index contributed by atoms with van der Waals surface area (Å²) in [5.41, 5.74) is 0.775. The number of aliphatic carboxylic acids is 1. The third-order valence-electron chi connectivity index (χ3n) is 3.40. The van der Waals surface area contributed by atoms with Crippen LogP contribution in [0.25, 0.3) is 16.8 Å². The van der Waals surface area contributed by atoms with Crippen LogP contribution in [0, 0.1) is 0 Å². The molecule has 0 radical (unpaired) electrons. The van der Waals surface area contributed by atoms with Gasteiger partial charge in [0.25, 0.3) is 5.91 Å². The summed E-state index contributed by atoms with van der Waals surface area (Å²) in [6, 6.07) is 12.5. The molecule has 2 aromatic rings. The second kappa shape index (κ2) is 5.33. The van der Waals surface area contributed by atoms with Crippen LogP contribution < -0.4 is 5.32 Å². The molecule has 22 heavy (non-hydrogen) atoms. The number of carboxylic acid groups (broad SMARTS) is 1. The molecule has 3 amide bonds. The van der Waals surface area contributed by atoms with E-state index in [0.717, 1.165) is 21.2 Å². The van der Waals surface area contributed by atoms with E-state index in [1.807, 2.05) is 42.5 Å². The summed E-state index contributed by atoms with van der Waals surface area (Å²) < 4.78 is 0. The molecular weight excluding hydrogens is 284 g/mol. The highest BCUT2D eigenvalue weighted by atomic mass is 16.4. The quantitative estimate of drug-likeness (QED) is 0.668. The lowest BCUT2D eigenvalue weighted by molar-refractivity contribution is -0.137. The first kappa shape index (κ1) is 13.8. The van der Waals surface area contributed by atoms with Crippen LogP contribution in [-0.2, 0) is 9.59 Å². The summed E-state index contributed by atoms with van der Waals surface area (Å²) in [6.07, 6.45) is 1.53. The highest BCUT2D eigenvalue weighted by Gasteiger charge is 2.34. The number of hydrogen-bond acceptors (Lipinski definition) is 3. The molecule has 0 saturated carbocycles. The number of benzene rings is 2. The van der Waals surface area contributed by atoms with E-state index in [9.17, 15) is 14.4 Å². The topological polar surface area (TPSA) is 86.7 Å². The van der Waals surface area contributed by atoms with Crippen molar-refractivity contribution in [2.75, 3.05) is 6.54 Å². The van der Waals surface area contributed by atoms with Crippen LogP contribution in [0.5, 0.6) is 0 Å². The molecule has 110 valence electrons. The largest absolute Gasteiger partial charge is 0.480 e. The second-order valence-corrected chi connectivity index (χ2v) is 4.84. The number of rotatable bonds is 3. The zero-order valence-corrected chi connectivity index (χ0v) is 11.4. The van der Waals surface area contributed by atoms with Crippen molar-refractivity contribution in [2.45, 2.75) is 0 Å². The minimum Gasteiger partial charge on any atom is -0.480 e. The van der Waals surface area contributed by atoms with Crippen molar-refractivity contribution in [1.82, 2.24) is 10.2 Å². The van der Waals surface area contributed by atoms with E-state index >= 15 is 0 Å². The van der Waals surface area contributed by atoms with Gasteiger partial charge >= 0.3 is 12.0 Å². The van der Waals surface area contributed by atoms with E-state index in [4.69, 9.17) is 5.11 Å². The van der Waals surface area contributed by atoms with Crippen LogP contribution in [0.15, 0.2) is 48.2 Å². The molecule has 1 aliphatic rings. The summed E-state index contributed by atoms with van der Waals surface area (Å²) in [7, 11) is 0. The lowest BCUT2D eigenvalue weighted by Gasteiger charge is -2.12. The van der Waals surface area contributed by atoms with E-state index < -0.39 is 24.5 Å². The van der Waals surface area contributed by atoms with Crippen molar-refractivity contribution in [1.29, 1.82) is 0 Å². The fourth-order valence-electron chi connectivity index (χ4n) is 2.42. The predicted octanol–water partition coefficient (Wildman–Crippen LogP) is 1.82. The number of amides is 3. The second-order valence-electron chi connectivity index (χ2n) is 4.84. The van der Waals surface area contributed by atoms with Crippen molar-refractivity contribution >= 4 is 34.8 Å². The molecule has 0 bridgehead atoms. The van der Waals surface area contributed by atoms with Gasteiger partial charge in [0.05, 0.1) is 0 Å². The van der Waals surface area contributed by atoms with Crippen LogP contribution in [0.3, 0.4) is 0 Å². The molecule has 6 nitrogen and oxygen atoms in total. The van der Waals surface area contributed by atoms with Crippen LogP contribution in [0.1, 0.15) is 5.56 Å². The third kappa shape index (κ3) is 2.42. The van der Waals surface area contributed by atoms with E-state index in [2.05, 4.69) is 5.32 Å². The molecule has 0 aromatic heterocycles. The fourth-order valence-corrected chi connectivity index (χ4v) is 2.42. The highest BCUT2D eigenvalue weighted by Crippen LogP contribution is 2.23. The standard InChI is InChI=1S/C16H12N2O4/c19-14(20)9-18-13(15(21)17-16(18)22)8-11-6-3-5-10-4-1-2-7-12(10)11/h1-8H,9H2,(H,19,20)(H,17,21,22)/b13-8+. The Morgan fingerprint density at radius 1 is 1.14 bits per heavy atom. The number of hydrogen-bond donors (Lipinski definition) is 2. The maximum absolute atomic E-state index is 11.9.